The monoisotopic (exact) mass is 478 g/mol. The fraction of sp³-hybridized carbons (Fsp3) is 0.800. The molecular formula is C30H54O4. The van der Waals surface area contributed by atoms with Gasteiger partial charge >= 0.3 is 0 Å². The van der Waals surface area contributed by atoms with Crippen LogP contribution in [0.15, 0.2) is 12.1 Å². The molecule has 0 unspecified atom stereocenters. The number of ether oxygens (including phenoxy) is 3. The van der Waals surface area contributed by atoms with E-state index < -0.39 is 0 Å². The minimum Gasteiger partial charge on any atom is -0.508 e. The molecule has 0 heterocycles. The third-order valence-corrected chi connectivity index (χ3v) is 6.43. The molecule has 198 valence electrons. The van der Waals surface area contributed by atoms with Gasteiger partial charge in [-0.1, -0.05) is 104 Å². The molecule has 0 aliphatic rings. The first-order chi connectivity index (χ1) is 16.7. The van der Waals surface area contributed by atoms with Crippen molar-refractivity contribution in [2.24, 2.45) is 0 Å². The Balaban J connectivity index is 2.61. The van der Waals surface area contributed by atoms with Crippen LogP contribution in [0.2, 0.25) is 0 Å². The predicted octanol–water partition coefficient (Wildman–Crippen LogP) is 8.85. The van der Waals surface area contributed by atoms with Crippen LogP contribution in [0.5, 0.6) is 5.75 Å². The van der Waals surface area contributed by atoms with E-state index in [9.17, 15) is 5.11 Å². The highest BCUT2D eigenvalue weighted by Gasteiger charge is 2.14. The van der Waals surface area contributed by atoms with Crippen LogP contribution in [-0.4, -0.2) is 24.9 Å². The first kappa shape index (κ1) is 30.9. The van der Waals surface area contributed by atoms with E-state index in [2.05, 4.69) is 20.8 Å². The zero-order chi connectivity index (χ0) is 24.7. The lowest BCUT2D eigenvalue weighted by Crippen LogP contribution is -2.08. The largest absolute Gasteiger partial charge is 0.508 e. The van der Waals surface area contributed by atoms with Crippen LogP contribution in [0.3, 0.4) is 0 Å². The van der Waals surface area contributed by atoms with Crippen molar-refractivity contribution in [3.05, 3.63) is 28.8 Å². The molecule has 4 nitrogen and oxygen atoms in total. The lowest BCUT2D eigenvalue weighted by molar-refractivity contribution is 0.0945. The fourth-order valence-electron chi connectivity index (χ4n) is 4.16. The summed E-state index contributed by atoms with van der Waals surface area (Å²) in [7, 11) is 0. The van der Waals surface area contributed by atoms with Crippen LogP contribution in [0.1, 0.15) is 134 Å². The van der Waals surface area contributed by atoms with Crippen LogP contribution in [-0.2, 0) is 34.0 Å². The number of hydrogen-bond donors (Lipinski definition) is 1. The number of rotatable bonds is 24. The number of phenolic OH excluding ortho intramolecular Hbond substituents is 1. The summed E-state index contributed by atoms with van der Waals surface area (Å²) in [5.41, 5.74) is 3.02. The van der Waals surface area contributed by atoms with Gasteiger partial charge in [-0.15, -0.1) is 0 Å². The van der Waals surface area contributed by atoms with Crippen molar-refractivity contribution in [3.8, 4) is 5.75 Å². The number of unbranched alkanes of at least 4 members (excludes halogenated alkanes) is 12. The molecule has 0 bridgehead atoms. The summed E-state index contributed by atoms with van der Waals surface area (Å²) in [5.74, 6) is 0.302. The van der Waals surface area contributed by atoms with Crippen molar-refractivity contribution in [2.75, 3.05) is 19.8 Å². The van der Waals surface area contributed by atoms with Gasteiger partial charge in [-0.05, 0) is 36.5 Å². The average Bonchev–Trinajstić information content (AvgIpc) is 2.84. The van der Waals surface area contributed by atoms with E-state index >= 15 is 0 Å². The predicted molar refractivity (Wildman–Crippen MR) is 143 cm³/mol. The lowest BCUT2D eigenvalue weighted by atomic mass is 10.0. The smallest absolute Gasteiger partial charge is 0.121 e. The second-order valence-electron chi connectivity index (χ2n) is 9.60. The highest BCUT2D eigenvalue weighted by Crippen LogP contribution is 2.27. The van der Waals surface area contributed by atoms with Gasteiger partial charge in [-0.2, -0.15) is 0 Å². The van der Waals surface area contributed by atoms with Crippen LogP contribution in [0.4, 0.5) is 0 Å². The molecule has 0 spiro atoms. The van der Waals surface area contributed by atoms with Crippen molar-refractivity contribution in [3.63, 3.8) is 0 Å². The number of phenols is 1. The van der Waals surface area contributed by atoms with Gasteiger partial charge in [0.25, 0.3) is 0 Å². The first-order valence-corrected chi connectivity index (χ1v) is 14.3. The molecule has 0 aromatic heterocycles. The summed E-state index contributed by atoms with van der Waals surface area (Å²) in [6.45, 7) is 10.5. The second kappa shape index (κ2) is 22.4. The first-order valence-electron chi connectivity index (χ1n) is 14.3. The van der Waals surface area contributed by atoms with Gasteiger partial charge in [0.2, 0.25) is 0 Å². The maximum atomic E-state index is 10.6. The molecule has 0 amide bonds. The van der Waals surface area contributed by atoms with Crippen molar-refractivity contribution < 1.29 is 19.3 Å². The molecule has 0 radical (unpaired) electrons. The highest BCUT2D eigenvalue weighted by atomic mass is 16.5. The van der Waals surface area contributed by atoms with Crippen LogP contribution in [0, 0.1) is 0 Å². The van der Waals surface area contributed by atoms with E-state index in [1.54, 1.807) is 6.07 Å². The van der Waals surface area contributed by atoms with Gasteiger partial charge in [0, 0.05) is 25.4 Å². The van der Waals surface area contributed by atoms with Gasteiger partial charge in [-0.3, -0.25) is 0 Å². The molecule has 0 atom stereocenters. The Kier molecular flexibility index (Phi) is 20.3. The van der Waals surface area contributed by atoms with E-state index in [0.717, 1.165) is 55.8 Å². The Bertz CT molecular complexity index is 587. The van der Waals surface area contributed by atoms with Crippen molar-refractivity contribution in [1.29, 1.82) is 0 Å². The SMILES string of the molecule is CCCCCCCOCc1ccc(O)c(COCCCCCCC)c1COCCCCCCC. The fourth-order valence-corrected chi connectivity index (χ4v) is 4.16. The van der Waals surface area contributed by atoms with Crippen LogP contribution >= 0.6 is 0 Å². The van der Waals surface area contributed by atoms with Gasteiger partial charge in [0.15, 0.2) is 0 Å². The Morgan fingerprint density at radius 3 is 1.38 bits per heavy atom. The topological polar surface area (TPSA) is 47.9 Å². The van der Waals surface area contributed by atoms with Crippen LogP contribution in [0.25, 0.3) is 0 Å². The Morgan fingerprint density at radius 1 is 0.500 bits per heavy atom. The van der Waals surface area contributed by atoms with E-state index in [4.69, 9.17) is 14.2 Å². The summed E-state index contributed by atoms with van der Waals surface area (Å²) in [6, 6.07) is 3.77. The van der Waals surface area contributed by atoms with E-state index in [-0.39, 0.29) is 0 Å². The van der Waals surface area contributed by atoms with Crippen molar-refractivity contribution >= 4 is 0 Å². The van der Waals surface area contributed by atoms with E-state index in [1.165, 1.54) is 77.0 Å². The molecule has 0 saturated heterocycles. The molecule has 1 N–H and O–H groups in total. The van der Waals surface area contributed by atoms with E-state index in [0.29, 0.717) is 25.6 Å². The van der Waals surface area contributed by atoms with Crippen molar-refractivity contribution in [1.82, 2.24) is 0 Å². The number of benzene rings is 1. The molecule has 0 aliphatic carbocycles. The van der Waals surface area contributed by atoms with Gasteiger partial charge in [0.1, 0.15) is 5.75 Å². The van der Waals surface area contributed by atoms with E-state index in [1.807, 2.05) is 6.07 Å². The van der Waals surface area contributed by atoms with Gasteiger partial charge < -0.3 is 19.3 Å². The third kappa shape index (κ3) is 15.0. The minimum absolute atomic E-state index is 0.302. The quantitative estimate of drug-likeness (QED) is 0.151. The summed E-state index contributed by atoms with van der Waals surface area (Å²) >= 11 is 0. The summed E-state index contributed by atoms with van der Waals surface area (Å²) < 4.78 is 18.0. The van der Waals surface area contributed by atoms with Gasteiger partial charge in [0.05, 0.1) is 19.8 Å². The molecular weight excluding hydrogens is 424 g/mol. The molecule has 0 aliphatic heterocycles. The highest BCUT2D eigenvalue weighted by molar-refractivity contribution is 5.43. The minimum atomic E-state index is 0.302. The molecule has 1 aromatic carbocycles. The Hall–Kier alpha value is -1.10. The molecule has 4 heteroatoms. The number of hydrogen-bond acceptors (Lipinski definition) is 4. The van der Waals surface area contributed by atoms with Gasteiger partial charge in [-0.25, -0.2) is 0 Å². The summed E-state index contributed by atoms with van der Waals surface area (Å²) in [5, 5.41) is 10.6. The summed E-state index contributed by atoms with van der Waals surface area (Å²) in [6.07, 6.45) is 18.4. The zero-order valence-electron chi connectivity index (χ0n) is 22.7. The molecule has 0 saturated carbocycles. The molecule has 34 heavy (non-hydrogen) atoms. The molecule has 1 rings (SSSR count). The second-order valence-corrected chi connectivity index (χ2v) is 9.60. The average molecular weight is 479 g/mol. The number of aromatic hydroxyl groups is 1. The molecule has 0 fully saturated rings. The molecule has 1 aromatic rings. The summed E-state index contributed by atoms with van der Waals surface area (Å²) in [4.78, 5) is 0. The third-order valence-electron chi connectivity index (χ3n) is 6.43. The zero-order valence-corrected chi connectivity index (χ0v) is 22.7. The normalized spacial score (nSPS) is 11.4. The van der Waals surface area contributed by atoms with Crippen molar-refractivity contribution in [2.45, 2.75) is 137 Å². The van der Waals surface area contributed by atoms with Crippen LogP contribution < -0.4 is 0 Å². The standard InChI is InChI=1S/C30H54O4/c1-4-7-10-13-16-21-32-24-27-19-20-30(31)29(26-34-23-18-15-12-9-6-3)28(27)25-33-22-17-14-11-8-5-2/h19-20,31H,4-18,21-26H2,1-3H3. The Labute approximate surface area is 210 Å². The maximum Gasteiger partial charge on any atom is 0.121 e. The Morgan fingerprint density at radius 2 is 0.912 bits per heavy atom. The lowest BCUT2D eigenvalue weighted by Gasteiger charge is -2.17. The maximum absolute atomic E-state index is 10.6.